The zero-order chi connectivity index (χ0) is 17.0. The fraction of sp³-hybridized carbons (Fsp3) is 0.333. The van der Waals surface area contributed by atoms with Gasteiger partial charge in [0.2, 0.25) is 0 Å². The lowest BCUT2D eigenvalue weighted by Crippen LogP contribution is -2.24. The van der Waals surface area contributed by atoms with Crippen molar-refractivity contribution in [1.29, 1.82) is 0 Å². The Hall–Kier alpha value is -2.07. The molecule has 1 aromatic carbocycles. The van der Waals surface area contributed by atoms with Gasteiger partial charge in [0.25, 0.3) is 0 Å². The minimum absolute atomic E-state index is 0.279. The van der Waals surface area contributed by atoms with Crippen LogP contribution < -0.4 is 5.32 Å². The van der Waals surface area contributed by atoms with Gasteiger partial charge in [0.05, 0.1) is 5.69 Å². The van der Waals surface area contributed by atoms with Gasteiger partial charge in [-0.25, -0.2) is 0 Å². The third kappa shape index (κ3) is 3.48. The van der Waals surface area contributed by atoms with E-state index in [2.05, 4.69) is 24.3 Å². The lowest BCUT2D eigenvalue weighted by Gasteiger charge is -2.27. The Morgan fingerprint density at radius 1 is 1.43 bits per heavy atom. The molecule has 2 aromatic rings. The summed E-state index contributed by atoms with van der Waals surface area (Å²) in [6.07, 6.45) is 3.12. The van der Waals surface area contributed by atoms with E-state index in [0.717, 1.165) is 40.5 Å². The second-order valence-corrected chi connectivity index (χ2v) is 6.22. The van der Waals surface area contributed by atoms with Gasteiger partial charge in [-0.05, 0) is 38.0 Å². The van der Waals surface area contributed by atoms with Crippen LogP contribution in [0.4, 0.5) is 5.82 Å². The van der Waals surface area contributed by atoms with Crippen molar-refractivity contribution >= 4 is 23.7 Å². The Morgan fingerprint density at radius 3 is 2.74 bits per heavy atom. The van der Waals surface area contributed by atoms with Crippen LogP contribution in [0.5, 0.6) is 0 Å². The third-order valence-corrected chi connectivity index (χ3v) is 4.59. The average molecular weight is 332 g/mol. The van der Waals surface area contributed by atoms with E-state index in [9.17, 15) is 4.79 Å². The summed E-state index contributed by atoms with van der Waals surface area (Å²) in [7, 11) is 1.88. The van der Waals surface area contributed by atoms with Gasteiger partial charge in [0.1, 0.15) is 12.1 Å². The summed E-state index contributed by atoms with van der Waals surface area (Å²) in [5.41, 5.74) is 2.50. The summed E-state index contributed by atoms with van der Waals surface area (Å²) in [5.74, 6) is 0.835. The molecule has 1 atom stereocenters. The molecule has 0 aliphatic heterocycles. The van der Waals surface area contributed by atoms with Gasteiger partial charge < -0.3 is 5.32 Å². The van der Waals surface area contributed by atoms with Crippen LogP contribution in [-0.4, -0.2) is 16.1 Å². The molecule has 2 rings (SSSR count). The largest absolute Gasteiger partial charge is 0.344 e. The van der Waals surface area contributed by atoms with Crippen molar-refractivity contribution in [3.8, 4) is 0 Å². The van der Waals surface area contributed by atoms with Gasteiger partial charge in [-0.2, -0.15) is 5.10 Å². The molecular formula is C18H22ClN3O. The number of benzene rings is 1. The molecule has 0 saturated heterocycles. The van der Waals surface area contributed by atoms with Crippen LogP contribution in [0.15, 0.2) is 42.1 Å². The van der Waals surface area contributed by atoms with Crippen LogP contribution in [0, 0.1) is 0 Å². The van der Waals surface area contributed by atoms with Crippen LogP contribution in [0.1, 0.15) is 38.4 Å². The molecule has 0 amide bonds. The number of carbonyl (C=O) groups is 1. The van der Waals surface area contributed by atoms with E-state index in [1.54, 1.807) is 4.68 Å². The molecule has 122 valence electrons. The van der Waals surface area contributed by atoms with Gasteiger partial charge in [0, 0.05) is 29.2 Å². The topological polar surface area (TPSA) is 46.9 Å². The first-order valence-corrected chi connectivity index (χ1v) is 7.98. The summed E-state index contributed by atoms with van der Waals surface area (Å²) in [4.78, 5) is 10.6. The molecular weight excluding hydrogens is 310 g/mol. The highest BCUT2D eigenvalue weighted by Gasteiger charge is 2.32. The van der Waals surface area contributed by atoms with Crippen LogP contribution in [0.25, 0.3) is 0 Å². The Bertz CT molecular complexity index is 736. The summed E-state index contributed by atoms with van der Waals surface area (Å²) in [6, 6.07) is 9.89. The van der Waals surface area contributed by atoms with Crippen LogP contribution >= 0.6 is 11.6 Å². The quantitative estimate of drug-likeness (QED) is 0.634. The summed E-state index contributed by atoms with van der Waals surface area (Å²) < 4.78 is 1.78. The lowest BCUT2D eigenvalue weighted by atomic mass is 9.77. The number of hydrogen-bond donors (Lipinski definition) is 1. The number of halogens is 1. The minimum Gasteiger partial charge on any atom is -0.344 e. The Morgan fingerprint density at radius 2 is 2.13 bits per heavy atom. The molecule has 1 N–H and O–H groups in total. The highest BCUT2D eigenvalue weighted by atomic mass is 35.5. The number of aldehydes is 1. The zero-order valence-electron chi connectivity index (χ0n) is 13.9. The number of rotatable bonds is 6. The number of nitrogens with zero attached hydrogens (tertiary/aromatic N) is 2. The summed E-state index contributed by atoms with van der Waals surface area (Å²) in [5, 5.41) is 8.60. The highest BCUT2D eigenvalue weighted by Crippen LogP contribution is 2.39. The molecule has 0 aliphatic rings. The molecule has 0 aliphatic carbocycles. The van der Waals surface area contributed by atoms with Gasteiger partial charge in [0.15, 0.2) is 0 Å². The number of carbonyl (C=O) groups excluding carboxylic acids is 1. The van der Waals surface area contributed by atoms with Crippen molar-refractivity contribution in [2.75, 3.05) is 5.32 Å². The molecule has 1 heterocycles. The van der Waals surface area contributed by atoms with E-state index in [1.165, 1.54) is 6.08 Å². The van der Waals surface area contributed by atoms with Crippen molar-refractivity contribution in [2.24, 2.45) is 7.05 Å². The minimum atomic E-state index is -0.279. The molecule has 0 radical (unpaired) electrons. The zero-order valence-corrected chi connectivity index (χ0v) is 14.7. The number of aromatic nitrogens is 2. The van der Waals surface area contributed by atoms with Gasteiger partial charge in [-0.1, -0.05) is 36.7 Å². The molecule has 0 fully saturated rings. The van der Waals surface area contributed by atoms with Crippen LogP contribution in [0.2, 0.25) is 5.02 Å². The fourth-order valence-corrected chi connectivity index (χ4v) is 2.96. The summed E-state index contributed by atoms with van der Waals surface area (Å²) >= 11 is 6.41. The standard InChI is InChI=1S/C18H22ClN3O/c1-5-18(3,14-8-6-7-9-15(14)19)16-12-17(22(4)21-16)20-13(2)10-11-23/h6-12,20H,5H2,1-4H3/b13-10-. The normalized spacial score (nSPS) is 14.4. The first kappa shape index (κ1) is 17.3. The van der Waals surface area contributed by atoms with E-state index in [-0.39, 0.29) is 5.41 Å². The third-order valence-electron chi connectivity index (χ3n) is 4.26. The predicted octanol–water partition coefficient (Wildman–Crippen LogP) is 4.30. The number of aryl methyl sites for hydroxylation is 1. The Kier molecular flexibility index (Phi) is 5.26. The smallest absolute Gasteiger partial charge is 0.144 e. The molecule has 23 heavy (non-hydrogen) atoms. The Balaban J connectivity index is 2.45. The predicted molar refractivity (Wildman–Crippen MR) is 94.8 cm³/mol. The monoisotopic (exact) mass is 331 g/mol. The lowest BCUT2D eigenvalue weighted by molar-refractivity contribution is -0.104. The second-order valence-electron chi connectivity index (χ2n) is 5.81. The Labute approximate surface area is 142 Å². The van der Waals surface area contributed by atoms with E-state index in [0.29, 0.717) is 0 Å². The van der Waals surface area contributed by atoms with Crippen molar-refractivity contribution in [1.82, 2.24) is 9.78 Å². The number of nitrogens with one attached hydrogen (secondary N) is 1. The van der Waals surface area contributed by atoms with Crippen LogP contribution in [0.3, 0.4) is 0 Å². The maximum atomic E-state index is 10.6. The number of allylic oxidation sites excluding steroid dienone is 2. The van der Waals surface area contributed by atoms with Gasteiger partial charge in [-0.15, -0.1) is 0 Å². The molecule has 0 bridgehead atoms. The maximum Gasteiger partial charge on any atom is 0.144 e. The highest BCUT2D eigenvalue weighted by molar-refractivity contribution is 6.31. The van der Waals surface area contributed by atoms with E-state index >= 15 is 0 Å². The molecule has 1 unspecified atom stereocenters. The van der Waals surface area contributed by atoms with Crippen molar-refractivity contribution in [3.05, 3.63) is 58.4 Å². The van der Waals surface area contributed by atoms with Gasteiger partial charge >= 0.3 is 0 Å². The second kappa shape index (κ2) is 7.01. The molecule has 4 nitrogen and oxygen atoms in total. The van der Waals surface area contributed by atoms with Crippen molar-refractivity contribution in [2.45, 2.75) is 32.6 Å². The first-order valence-electron chi connectivity index (χ1n) is 7.61. The molecule has 5 heteroatoms. The molecule has 0 spiro atoms. The van der Waals surface area contributed by atoms with E-state index < -0.39 is 0 Å². The van der Waals surface area contributed by atoms with Crippen molar-refractivity contribution < 1.29 is 4.79 Å². The number of anilines is 1. The SMILES string of the molecule is CCC(C)(c1cc(N/C(C)=C\C=O)n(C)n1)c1ccccc1Cl. The summed E-state index contributed by atoms with van der Waals surface area (Å²) in [6.45, 7) is 6.12. The van der Waals surface area contributed by atoms with Crippen molar-refractivity contribution in [3.63, 3.8) is 0 Å². The van der Waals surface area contributed by atoms with E-state index in [4.69, 9.17) is 11.6 Å². The molecule has 0 saturated carbocycles. The average Bonchev–Trinajstić information content (AvgIpc) is 2.88. The maximum absolute atomic E-state index is 10.6. The fourth-order valence-electron chi connectivity index (χ4n) is 2.62. The first-order chi connectivity index (χ1) is 10.9. The number of hydrogen-bond acceptors (Lipinski definition) is 3. The molecule has 1 aromatic heterocycles. The van der Waals surface area contributed by atoms with E-state index in [1.807, 2.05) is 44.3 Å². The van der Waals surface area contributed by atoms with Crippen LogP contribution in [-0.2, 0) is 17.3 Å². The van der Waals surface area contributed by atoms with Gasteiger partial charge in [-0.3, -0.25) is 9.48 Å².